The van der Waals surface area contributed by atoms with Gasteiger partial charge in [0.25, 0.3) is 0 Å². The van der Waals surface area contributed by atoms with E-state index in [1.165, 1.54) is 11.3 Å². The summed E-state index contributed by atoms with van der Waals surface area (Å²) in [4.78, 5) is 3.07. The van der Waals surface area contributed by atoms with Crippen molar-refractivity contribution < 1.29 is 0 Å². The van der Waals surface area contributed by atoms with Crippen molar-refractivity contribution in [1.82, 2.24) is 4.90 Å². The third-order valence-corrected chi connectivity index (χ3v) is 3.47. The molecule has 0 amide bonds. The standard InChI is InChI=1S/C12H20BNS.C2H6/c1-9-8-12(3,13)7-5-6-11(9)14(4)10(2)15;1-2/h5-8H2,1-4H3;1-2H3. The van der Waals surface area contributed by atoms with Crippen molar-refractivity contribution >= 4 is 25.1 Å². The second-order valence-corrected chi connectivity index (χ2v) is 5.58. The molecule has 96 valence electrons. The van der Waals surface area contributed by atoms with Gasteiger partial charge in [0.15, 0.2) is 0 Å². The average Bonchev–Trinajstić information content (AvgIpc) is 2.37. The van der Waals surface area contributed by atoms with E-state index < -0.39 is 0 Å². The minimum atomic E-state index is -0.0396. The smallest absolute Gasteiger partial charge is 0.0787 e. The van der Waals surface area contributed by atoms with Crippen LogP contribution in [0.2, 0.25) is 5.31 Å². The highest BCUT2D eigenvalue weighted by Gasteiger charge is 2.24. The lowest BCUT2D eigenvalue weighted by atomic mass is 9.65. The molecule has 1 nitrogen and oxygen atoms in total. The Morgan fingerprint density at radius 3 is 2.41 bits per heavy atom. The van der Waals surface area contributed by atoms with Crippen molar-refractivity contribution in [3.8, 4) is 0 Å². The summed E-state index contributed by atoms with van der Waals surface area (Å²) in [5, 5.41) is -0.0396. The zero-order chi connectivity index (χ0) is 13.6. The molecule has 0 aromatic carbocycles. The second-order valence-electron chi connectivity index (χ2n) is 4.99. The number of hydrogen-bond donors (Lipinski definition) is 0. The Bertz CT molecular complexity index is 295. The first kappa shape index (κ1) is 16.7. The van der Waals surface area contributed by atoms with Gasteiger partial charge in [-0.25, -0.2) is 0 Å². The molecule has 2 radical (unpaired) electrons. The van der Waals surface area contributed by atoms with E-state index in [0.717, 1.165) is 30.7 Å². The molecular weight excluding hydrogens is 225 g/mol. The summed E-state index contributed by atoms with van der Waals surface area (Å²) in [7, 11) is 8.28. The largest absolute Gasteiger partial charge is 0.343 e. The van der Waals surface area contributed by atoms with Gasteiger partial charge in [0.2, 0.25) is 0 Å². The first-order valence-electron chi connectivity index (χ1n) is 6.55. The number of nitrogens with zero attached hydrogens (tertiary/aromatic N) is 1. The highest BCUT2D eigenvalue weighted by Crippen LogP contribution is 2.40. The predicted molar refractivity (Wildman–Crippen MR) is 82.7 cm³/mol. The lowest BCUT2D eigenvalue weighted by molar-refractivity contribution is 0.539. The number of allylic oxidation sites excluding steroid dienone is 2. The van der Waals surface area contributed by atoms with Gasteiger partial charge in [-0.3, -0.25) is 0 Å². The van der Waals surface area contributed by atoms with E-state index in [0.29, 0.717) is 0 Å². The molecule has 3 heteroatoms. The molecule has 0 aromatic heterocycles. The lowest BCUT2D eigenvalue weighted by Crippen LogP contribution is -2.22. The van der Waals surface area contributed by atoms with Crippen LogP contribution in [0.3, 0.4) is 0 Å². The molecule has 0 saturated carbocycles. The number of thiocarbonyl (C=S) groups is 1. The molecule has 0 saturated heterocycles. The SMILES string of the molecule is CC.[B]C1(C)CCCC(N(C)C(C)=S)=C(C)C1. The lowest BCUT2D eigenvalue weighted by Gasteiger charge is -2.25. The van der Waals surface area contributed by atoms with E-state index in [-0.39, 0.29) is 5.31 Å². The van der Waals surface area contributed by atoms with Gasteiger partial charge in [0.05, 0.1) is 12.8 Å². The molecule has 0 aromatic rings. The van der Waals surface area contributed by atoms with E-state index in [1.54, 1.807) is 0 Å². The van der Waals surface area contributed by atoms with Crippen LogP contribution in [0.25, 0.3) is 0 Å². The van der Waals surface area contributed by atoms with E-state index in [4.69, 9.17) is 20.1 Å². The fourth-order valence-corrected chi connectivity index (χ4v) is 2.42. The van der Waals surface area contributed by atoms with E-state index in [2.05, 4.69) is 25.8 Å². The van der Waals surface area contributed by atoms with Crippen LogP contribution < -0.4 is 0 Å². The Hall–Kier alpha value is -0.305. The molecular formula is C14H26BNS. The summed E-state index contributed by atoms with van der Waals surface area (Å²) in [6.07, 6.45) is 4.34. The molecule has 0 fully saturated rings. The highest BCUT2D eigenvalue weighted by molar-refractivity contribution is 7.80. The van der Waals surface area contributed by atoms with Gasteiger partial charge in [0.1, 0.15) is 0 Å². The van der Waals surface area contributed by atoms with E-state index in [1.807, 2.05) is 20.8 Å². The van der Waals surface area contributed by atoms with Gasteiger partial charge in [-0.1, -0.05) is 50.3 Å². The third kappa shape index (κ3) is 5.24. The highest BCUT2D eigenvalue weighted by atomic mass is 32.1. The Balaban J connectivity index is 0.00000121. The zero-order valence-electron chi connectivity index (χ0n) is 12.3. The van der Waals surface area contributed by atoms with Crippen molar-refractivity contribution in [2.45, 2.75) is 65.6 Å². The van der Waals surface area contributed by atoms with Crippen molar-refractivity contribution in [2.24, 2.45) is 0 Å². The minimum Gasteiger partial charge on any atom is -0.343 e. The van der Waals surface area contributed by atoms with Gasteiger partial charge in [-0.2, -0.15) is 0 Å². The van der Waals surface area contributed by atoms with Crippen molar-refractivity contribution in [3.05, 3.63) is 11.3 Å². The molecule has 1 atom stereocenters. The summed E-state index contributed by atoms with van der Waals surface area (Å²) >= 11 is 5.21. The van der Waals surface area contributed by atoms with Gasteiger partial charge in [-0.05, 0) is 33.1 Å². The molecule has 0 heterocycles. The molecule has 0 bridgehead atoms. The molecule has 0 N–H and O–H groups in total. The Morgan fingerprint density at radius 1 is 1.41 bits per heavy atom. The van der Waals surface area contributed by atoms with Crippen LogP contribution >= 0.6 is 12.2 Å². The Kier molecular flexibility index (Phi) is 7.07. The summed E-state index contributed by atoms with van der Waals surface area (Å²) in [6.45, 7) is 10.3. The zero-order valence-corrected chi connectivity index (χ0v) is 13.1. The van der Waals surface area contributed by atoms with Crippen LogP contribution in [0.4, 0.5) is 0 Å². The molecule has 1 unspecified atom stereocenters. The first-order chi connectivity index (χ1) is 7.83. The van der Waals surface area contributed by atoms with Crippen LogP contribution in [-0.4, -0.2) is 24.8 Å². The van der Waals surface area contributed by atoms with Crippen molar-refractivity contribution in [1.29, 1.82) is 0 Å². The van der Waals surface area contributed by atoms with Crippen LogP contribution in [0, 0.1) is 0 Å². The Labute approximate surface area is 114 Å². The van der Waals surface area contributed by atoms with Gasteiger partial charge in [-0.15, -0.1) is 0 Å². The summed E-state index contributed by atoms with van der Waals surface area (Å²) in [5.41, 5.74) is 2.76. The van der Waals surface area contributed by atoms with Gasteiger partial charge < -0.3 is 4.90 Å². The molecule has 0 aliphatic heterocycles. The number of rotatable bonds is 1. The number of hydrogen-bond acceptors (Lipinski definition) is 1. The monoisotopic (exact) mass is 251 g/mol. The van der Waals surface area contributed by atoms with Gasteiger partial charge in [0, 0.05) is 12.7 Å². The molecule has 1 rings (SSSR count). The summed E-state index contributed by atoms with van der Waals surface area (Å²) < 4.78 is 0. The van der Waals surface area contributed by atoms with Crippen LogP contribution in [0.15, 0.2) is 11.3 Å². The van der Waals surface area contributed by atoms with Crippen LogP contribution in [-0.2, 0) is 0 Å². The maximum atomic E-state index is 6.22. The fourth-order valence-electron chi connectivity index (χ4n) is 2.31. The van der Waals surface area contributed by atoms with E-state index in [9.17, 15) is 0 Å². The molecule has 0 spiro atoms. The minimum absolute atomic E-state index is 0.0396. The quantitative estimate of drug-likeness (QED) is 0.499. The summed E-state index contributed by atoms with van der Waals surface area (Å²) in [5.74, 6) is 0. The fraction of sp³-hybridized carbons (Fsp3) is 0.786. The predicted octanol–water partition coefficient (Wildman–Crippen LogP) is 4.49. The van der Waals surface area contributed by atoms with Gasteiger partial charge >= 0.3 is 0 Å². The van der Waals surface area contributed by atoms with Crippen LogP contribution in [0.1, 0.15) is 60.3 Å². The first-order valence-corrected chi connectivity index (χ1v) is 6.96. The Morgan fingerprint density at radius 2 is 1.94 bits per heavy atom. The third-order valence-electron chi connectivity index (χ3n) is 3.20. The molecule has 1 aliphatic carbocycles. The topological polar surface area (TPSA) is 3.24 Å². The van der Waals surface area contributed by atoms with Crippen molar-refractivity contribution in [3.63, 3.8) is 0 Å². The summed E-state index contributed by atoms with van der Waals surface area (Å²) in [6, 6.07) is 0. The second kappa shape index (κ2) is 7.20. The molecule has 1 aliphatic rings. The maximum Gasteiger partial charge on any atom is 0.0787 e. The van der Waals surface area contributed by atoms with Crippen LogP contribution in [0.5, 0.6) is 0 Å². The van der Waals surface area contributed by atoms with Crippen molar-refractivity contribution in [2.75, 3.05) is 7.05 Å². The van der Waals surface area contributed by atoms with E-state index >= 15 is 0 Å². The normalized spacial score (nSPS) is 24.6. The molecule has 17 heavy (non-hydrogen) atoms. The average molecular weight is 251 g/mol. The maximum absolute atomic E-state index is 6.22.